The number of hydrogen-bond donors (Lipinski definition) is 1. The molecule has 0 aliphatic rings. The molecule has 0 aliphatic heterocycles. The van der Waals surface area contributed by atoms with E-state index in [1.807, 2.05) is 30.3 Å². The van der Waals surface area contributed by atoms with Crippen molar-refractivity contribution in [3.8, 4) is 5.75 Å². The molecule has 0 aromatic heterocycles. The van der Waals surface area contributed by atoms with Gasteiger partial charge in [-0.15, -0.1) is 0 Å². The molecule has 0 saturated heterocycles. The van der Waals surface area contributed by atoms with Gasteiger partial charge >= 0.3 is 0 Å². The minimum Gasteiger partial charge on any atom is -0.489 e. The number of halogens is 1. The topological polar surface area (TPSA) is 93.8 Å². The lowest BCUT2D eigenvalue weighted by Crippen LogP contribution is -2.17. The Bertz CT molecular complexity index is 1040. The number of nitrogens with one attached hydrogen (secondary N) is 1. The number of rotatable bonds is 7. The second kappa shape index (κ2) is 9.48. The Balaban J connectivity index is 1.56. The first-order chi connectivity index (χ1) is 14.0. The van der Waals surface area contributed by atoms with Gasteiger partial charge in [-0.25, -0.2) is 5.43 Å². The molecular formula is C21H16ClN3O4. The minimum absolute atomic E-state index is 0.0347. The van der Waals surface area contributed by atoms with Crippen molar-refractivity contribution in [3.05, 3.63) is 105 Å². The molecule has 0 unspecified atom stereocenters. The van der Waals surface area contributed by atoms with Crippen LogP contribution in [0.4, 0.5) is 5.69 Å². The highest BCUT2D eigenvalue weighted by Gasteiger charge is 2.12. The van der Waals surface area contributed by atoms with E-state index in [2.05, 4.69) is 10.5 Å². The first-order valence-corrected chi connectivity index (χ1v) is 8.95. The third kappa shape index (κ3) is 5.63. The molecule has 0 fully saturated rings. The van der Waals surface area contributed by atoms with E-state index in [-0.39, 0.29) is 10.7 Å². The van der Waals surface area contributed by atoms with Crippen molar-refractivity contribution in [1.29, 1.82) is 0 Å². The number of nitro groups is 1. The maximum Gasteiger partial charge on any atom is 0.288 e. The number of ether oxygens (including phenoxy) is 1. The zero-order chi connectivity index (χ0) is 20.6. The fourth-order valence-electron chi connectivity index (χ4n) is 2.42. The summed E-state index contributed by atoms with van der Waals surface area (Å²) < 4.78 is 5.66. The fourth-order valence-corrected chi connectivity index (χ4v) is 2.60. The van der Waals surface area contributed by atoms with Crippen LogP contribution < -0.4 is 10.2 Å². The third-order valence-corrected chi connectivity index (χ3v) is 4.23. The van der Waals surface area contributed by atoms with Gasteiger partial charge in [-0.05, 0) is 35.9 Å². The number of benzene rings is 3. The molecule has 146 valence electrons. The molecule has 3 aromatic carbocycles. The molecule has 1 N–H and O–H groups in total. The normalized spacial score (nSPS) is 10.7. The van der Waals surface area contributed by atoms with Gasteiger partial charge in [0.25, 0.3) is 11.6 Å². The Kier molecular flexibility index (Phi) is 6.55. The van der Waals surface area contributed by atoms with Gasteiger partial charge in [0, 0.05) is 17.2 Å². The summed E-state index contributed by atoms with van der Waals surface area (Å²) in [7, 11) is 0. The van der Waals surface area contributed by atoms with Crippen molar-refractivity contribution < 1.29 is 14.5 Å². The summed E-state index contributed by atoms with van der Waals surface area (Å²) >= 11 is 5.76. The molecule has 7 nitrogen and oxygen atoms in total. The molecule has 29 heavy (non-hydrogen) atoms. The van der Waals surface area contributed by atoms with Gasteiger partial charge in [-0.3, -0.25) is 14.9 Å². The Morgan fingerprint density at radius 3 is 2.52 bits per heavy atom. The summed E-state index contributed by atoms with van der Waals surface area (Å²) in [6.45, 7) is 0.388. The van der Waals surface area contributed by atoms with Gasteiger partial charge in [-0.1, -0.05) is 48.0 Å². The van der Waals surface area contributed by atoms with Gasteiger partial charge in [0.1, 0.15) is 17.4 Å². The quantitative estimate of drug-likeness (QED) is 0.351. The number of carbonyl (C=O) groups is 1. The zero-order valence-electron chi connectivity index (χ0n) is 15.1. The van der Waals surface area contributed by atoms with E-state index in [4.69, 9.17) is 16.3 Å². The van der Waals surface area contributed by atoms with Crippen LogP contribution in [0.25, 0.3) is 0 Å². The maximum atomic E-state index is 12.2. The van der Waals surface area contributed by atoms with E-state index in [0.717, 1.165) is 11.3 Å². The van der Waals surface area contributed by atoms with E-state index in [1.54, 1.807) is 30.3 Å². The molecule has 0 radical (unpaired) electrons. The second-order valence-corrected chi connectivity index (χ2v) is 6.37. The fraction of sp³-hybridized carbons (Fsp3) is 0.0476. The molecule has 0 saturated carbocycles. The Morgan fingerprint density at radius 1 is 1.10 bits per heavy atom. The predicted octanol–water partition coefficient (Wildman–Crippen LogP) is 4.59. The van der Waals surface area contributed by atoms with Gasteiger partial charge in [0.2, 0.25) is 0 Å². The van der Waals surface area contributed by atoms with Crippen LogP contribution in [0.3, 0.4) is 0 Å². The monoisotopic (exact) mass is 409 g/mol. The van der Waals surface area contributed by atoms with Crippen LogP contribution in [0.15, 0.2) is 77.9 Å². The highest BCUT2D eigenvalue weighted by molar-refractivity contribution is 6.32. The molecule has 0 heterocycles. The van der Waals surface area contributed by atoms with E-state index in [1.165, 1.54) is 18.3 Å². The zero-order valence-corrected chi connectivity index (χ0v) is 15.9. The van der Waals surface area contributed by atoms with Crippen molar-refractivity contribution in [2.24, 2.45) is 5.10 Å². The smallest absolute Gasteiger partial charge is 0.288 e. The van der Waals surface area contributed by atoms with Gasteiger partial charge < -0.3 is 4.74 Å². The largest absolute Gasteiger partial charge is 0.489 e. The first kappa shape index (κ1) is 20.0. The molecule has 0 spiro atoms. The van der Waals surface area contributed by atoms with E-state index in [9.17, 15) is 14.9 Å². The summed E-state index contributed by atoms with van der Waals surface area (Å²) in [5.41, 5.74) is 3.94. The van der Waals surface area contributed by atoms with Crippen molar-refractivity contribution in [3.63, 3.8) is 0 Å². The lowest BCUT2D eigenvalue weighted by atomic mass is 10.1. The number of hydrogen-bond acceptors (Lipinski definition) is 5. The van der Waals surface area contributed by atoms with Crippen molar-refractivity contribution in [1.82, 2.24) is 5.43 Å². The average Bonchev–Trinajstić information content (AvgIpc) is 2.74. The maximum absolute atomic E-state index is 12.2. The van der Waals surface area contributed by atoms with Crippen LogP contribution in [0.1, 0.15) is 21.5 Å². The van der Waals surface area contributed by atoms with Gasteiger partial charge in [-0.2, -0.15) is 5.10 Å². The van der Waals surface area contributed by atoms with Crippen molar-refractivity contribution >= 4 is 29.4 Å². The molecule has 0 bridgehead atoms. The predicted molar refractivity (Wildman–Crippen MR) is 110 cm³/mol. The number of para-hydroxylation sites is 1. The molecule has 0 atom stereocenters. The van der Waals surface area contributed by atoms with E-state index < -0.39 is 10.8 Å². The SMILES string of the molecule is O=C(N/N=C\c1ccc(Cl)c([N+](=O)[O-])c1)c1ccc(COc2ccccc2)cc1. The molecule has 0 aliphatic carbocycles. The van der Waals surface area contributed by atoms with Crippen LogP contribution in [-0.2, 0) is 6.61 Å². The molecule has 3 aromatic rings. The minimum atomic E-state index is -0.582. The van der Waals surface area contributed by atoms with Gasteiger partial charge in [0.05, 0.1) is 11.1 Å². The number of amides is 1. The summed E-state index contributed by atoms with van der Waals surface area (Å²) in [5, 5.41) is 14.8. The summed E-state index contributed by atoms with van der Waals surface area (Å²) in [6, 6.07) is 20.6. The first-order valence-electron chi connectivity index (χ1n) is 8.57. The van der Waals surface area contributed by atoms with Crippen molar-refractivity contribution in [2.45, 2.75) is 6.61 Å². The standard InChI is InChI=1S/C21H16ClN3O4/c22-19-11-8-16(12-20(19)25(27)28)13-23-24-21(26)17-9-6-15(7-10-17)14-29-18-4-2-1-3-5-18/h1-13H,14H2,(H,24,26)/b23-13-. The highest BCUT2D eigenvalue weighted by atomic mass is 35.5. The number of hydrazone groups is 1. The van der Waals surface area contributed by atoms with E-state index in [0.29, 0.717) is 17.7 Å². The number of nitrogens with zero attached hydrogens (tertiary/aromatic N) is 2. The second-order valence-electron chi connectivity index (χ2n) is 5.97. The van der Waals surface area contributed by atoms with Crippen LogP contribution in [0.5, 0.6) is 5.75 Å². The number of carbonyl (C=O) groups excluding carboxylic acids is 1. The summed E-state index contributed by atoms with van der Waals surface area (Å²) in [6.07, 6.45) is 1.31. The summed E-state index contributed by atoms with van der Waals surface area (Å²) in [5.74, 6) is 0.367. The van der Waals surface area contributed by atoms with Crippen LogP contribution in [-0.4, -0.2) is 17.0 Å². The molecule has 8 heteroatoms. The summed E-state index contributed by atoms with van der Waals surface area (Å²) in [4.78, 5) is 22.5. The lowest BCUT2D eigenvalue weighted by Gasteiger charge is -2.06. The average molecular weight is 410 g/mol. The molecule has 3 rings (SSSR count). The Labute approximate surface area is 171 Å². The Morgan fingerprint density at radius 2 is 1.83 bits per heavy atom. The highest BCUT2D eigenvalue weighted by Crippen LogP contribution is 2.24. The third-order valence-electron chi connectivity index (χ3n) is 3.91. The van der Waals surface area contributed by atoms with Crippen molar-refractivity contribution in [2.75, 3.05) is 0 Å². The molecule has 1 amide bonds. The van der Waals surface area contributed by atoms with Crippen LogP contribution in [0.2, 0.25) is 5.02 Å². The van der Waals surface area contributed by atoms with Crippen LogP contribution >= 0.6 is 11.6 Å². The van der Waals surface area contributed by atoms with E-state index >= 15 is 0 Å². The van der Waals surface area contributed by atoms with Gasteiger partial charge in [0.15, 0.2) is 0 Å². The molecular weight excluding hydrogens is 394 g/mol. The number of nitro benzene ring substituents is 1. The Hall–Kier alpha value is -3.71. The van der Waals surface area contributed by atoms with Crippen LogP contribution in [0, 0.1) is 10.1 Å². The lowest BCUT2D eigenvalue weighted by molar-refractivity contribution is -0.384.